The summed E-state index contributed by atoms with van der Waals surface area (Å²) in [5, 5.41) is 12.2. The van der Waals surface area contributed by atoms with Crippen LogP contribution in [0.25, 0.3) is 0 Å². The highest BCUT2D eigenvalue weighted by atomic mass is 35.5. The van der Waals surface area contributed by atoms with Crippen LogP contribution in [0.15, 0.2) is 48.7 Å². The smallest absolute Gasteiger partial charge is 0.223 e. The Morgan fingerprint density at radius 1 is 1.17 bits per heavy atom. The molecule has 0 unspecified atom stereocenters. The van der Waals surface area contributed by atoms with E-state index in [0.717, 1.165) is 0 Å². The first-order valence-corrected chi connectivity index (χ1v) is 7.22. The molecule has 0 aliphatic heterocycles. The lowest BCUT2D eigenvalue weighted by Crippen LogP contribution is -2.01. The van der Waals surface area contributed by atoms with Crippen molar-refractivity contribution in [3.8, 4) is 17.6 Å². The van der Waals surface area contributed by atoms with E-state index in [4.69, 9.17) is 27.3 Å². The molecule has 0 bridgehead atoms. The number of benzene rings is 1. The van der Waals surface area contributed by atoms with Crippen LogP contribution >= 0.6 is 11.6 Å². The summed E-state index contributed by atoms with van der Waals surface area (Å²) in [6, 6.07) is 14.0. The lowest BCUT2D eigenvalue weighted by atomic mass is 10.3. The average Bonchev–Trinajstić information content (AvgIpc) is 2.56. The van der Waals surface area contributed by atoms with Gasteiger partial charge in [-0.25, -0.2) is 9.97 Å². The second-order valence-corrected chi connectivity index (χ2v) is 5.03. The van der Waals surface area contributed by atoms with Gasteiger partial charge in [-0.3, -0.25) is 0 Å². The Morgan fingerprint density at radius 3 is 2.79 bits per heavy atom. The molecular weight excluding hydrogens is 328 g/mol. The Kier molecular flexibility index (Phi) is 4.40. The number of hydrogen-bond acceptors (Lipinski definition) is 7. The zero-order valence-corrected chi connectivity index (χ0v) is 13.0. The van der Waals surface area contributed by atoms with Crippen molar-refractivity contribution in [2.75, 3.05) is 11.1 Å². The topological polar surface area (TPSA) is 110 Å². The van der Waals surface area contributed by atoms with Gasteiger partial charge in [0, 0.05) is 18.3 Å². The fraction of sp³-hybridized carbons (Fsp3) is 0. The Labute approximate surface area is 142 Å². The zero-order valence-electron chi connectivity index (χ0n) is 12.3. The molecule has 24 heavy (non-hydrogen) atoms. The SMILES string of the molecule is N#Cc1cc(Oc2ccccc2Nc2cc(Cl)nc(N)n2)ccn1. The Morgan fingerprint density at radius 2 is 2.00 bits per heavy atom. The highest BCUT2D eigenvalue weighted by molar-refractivity contribution is 6.29. The molecule has 2 heterocycles. The minimum Gasteiger partial charge on any atom is -0.455 e. The van der Waals surface area contributed by atoms with E-state index in [9.17, 15) is 0 Å². The maximum Gasteiger partial charge on any atom is 0.223 e. The van der Waals surface area contributed by atoms with Gasteiger partial charge < -0.3 is 15.8 Å². The molecule has 0 aliphatic rings. The fourth-order valence-electron chi connectivity index (χ4n) is 1.96. The first-order valence-electron chi connectivity index (χ1n) is 6.84. The van der Waals surface area contributed by atoms with Gasteiger partial charge in [0.2, 0.25) is 5.95 Å². The van der Waals surface area contributed by atoms with Crippen LogP contribution < -0.4 is 15.8 Å². The first kappa shape index (κ1) is 15.5. The predicted molar refractivity (Wildman–Crippen MR) is 90.2 cm³/mol. The van der Waals surface area contributed by atoms with Crippen molar-refractivity contribution < 1.29 is 4.74 Å². The van der Waals surface area contributed by atoms with Crippen LogP contribution in [0.4, 0.5) is 17.5 Å². The standard InChI is InChI=1S/C16H11ClN6O/c17-14-8-15(23-16(19)22-14)21-12-3-1-2-4-13(12)24-11-5-6-20-10(7-11)9-18/h1-8H,(H3,19,21,22,23). The molecule has 0 fully saturated rings. The summed E-state index contributed by atoms with van der Waals surface area (Å²) in [6.45, 7) is 0. The third-order valence-electron chi connectivity index (χ3n) is 2.94. The lowest BCUT2D eigenvalue weighted by Gasteiger charge is -2.12. The van der Waals surface area contributed by atoms with Gasteiger partial charge in [0.1, 0.15) is 28.5 Å². The summed E-state index contributed by atoms with van der Waals surface area (Å²) in [6.07, 6.45) is 1.51. The van der Waals surface area contributed by atoms with Crippen LogP contribution in [-0.2, 0) is 0 Å². The maximum absolute atomic E-state index is 8.91. The van der Waals surface area contributed by atoms with Crippen molar-refractivity contribution in [3.63, 3.8) is 0 Å². The number of hydrogen-bond donors (Lipinski definition) is 2. The molecule has 3 rings (SSSR count). The molecule has 0 spiro atoms. The molecule has 3 N–H and O–H groups in total. The molecule has 1 aromatic carbocycles. The summed E-state index contributed by atoms with van der Waals surface area (Å²) >= 11 is 5.88. The van der Waals surface area contributed by atoms with Crippen molar-refractivity contribution in [1.82, 2.24) is 15.0 Å². The number of nitrogens with zero attached hydrogens (tertiary/aromatic N) is 4. The van der Waals surface area contributed by atoms with E-state index >= 15 is 0 Å². The summed E-state index contributed by atoms with van der Waals surface area (Å²) < 4.78 is 5.82. The van der Waals surface area contributed by atoms with Crippen LogP contribution in [0.1, 0.15) is 5.69 Å². The van der Waals surface area contributed by atoms with Crippen LogP contribution in [0.2, 0.25) is 5.15 Å². The number of aromatic nitrogens is 3. The van der Waals surface area contributed by atoms with E-state index in [1.54, 1.807) is 24.3 Å². The zero-order chi connectivity index (χ0) is 16.9. The number of pyridine rings is 1. The molecule has 0 aliphatic carbocycles. The van der Waals surface area contributed by atoms with Crippen molar-refractivity contribution in [3.05, 3.63) is 59.5 Å². The van der Waals surface area contributed by atoms with E-state index < -0.39 is 0 Å². The molecule has 0 radical (unpaired) electrons. The van der Waals surface area contributed by atoms with Gasteiger partial charge in [-0.05, 0) is 18.2 Å². The minimum absolute atomic E-state index is 0.0659. The largest absolute Gasteiger partial charge is 0.455 e. The second-order valence-electron chi connectivity index (χ2n) is 4.65. The first-order chi connectivity index (χ1) is 11.6. The van der Waals surface area contributed by atoms with Crippen LogP contribution in [0.5, 0.6) is 11.5 Å². The van der Waals surface area contributed by atoms with E-state index in [0.29, 0.717) is 23.0 Å². The molecule has 0 saturated heterocycles. The monoisotopic (exact) mass is 338 g/mol. The lowest BCUT2D eigenvalue weighted by molar-refractivity contribution is 0.484. The summed E-state index contributed by atoms with van der Waals surface area (Å²) in [5.74, 6) is 1.55. The molecule has 8 heteroatoms. The molecule has 2 aromatic heterocycles. The minimum atomic E-state index is 0.0659. The molecule has 0 saturated carbocycles. The van der Waals surface area contributed by atoms with Gasteiger partial charge in [-0.1, -0.05) is 23.7 Å². The highest BCUT2D eigenvalue weighted by Crippen LogP contribution is 2.31. The number of rotatable bonds is 4. The Bertz CT molecular complexity index is 904. The van der Waals surface area contributed by atoms with Gasteiger partial charge in [-0.15, -0.1) is 0 Å². The third-order valence-corrected chi connectivity index (χ3v) is 3.13. The third kappa shape index (κ3) is 3.69. The number of nitrogen functional groups attached to an aromatic ring is 1. The summed E-state index contributed by atoms with van der Waals surface area (Å²) in [4.78, 5) is 11.8. The Hall–Kier alpha value is -3.37. The number of nitrogens with one attached hydrogen (secondary N) is 1. The number of ether oxygens (including phenoxy) is 1. The normalized spacial score (nSPS) is 10.0. The number of anilines is 3. The fourth-order valence-corrected chi connectivity index (χ4v) is 2.15. The number of para-hydroxylation sites is 2. The van der Waals surface area contributed by atoms with Crippen molar-refractivity contribution >= 4 is 29.1 Å². The van der Waals surface area contributed by atoms with Gasteiger partial charge in [-0.2, -0.15) is 10.2 Å². The maximum atomic E-state index is 8.91. The molecular formula is C16H11ClN6O. The molecule has 0 atom stereocenters. The molecule has 3 aromatic rings. The van der Waals surface area contributed by atoms with E-state index in [1.165, 1.54) is 6.20 Å². The van der Waals surface area contributed by atoms with Crippen molar-refractivity contribution in [2.45, 2.75) is 0 Å². The molecule has 7 nitrogen and oxygen atoms in total. The number of nitriles is 1. The van der Waals surface area contributed by atoms with E-state index in [2.05, 4.69) is 20.3 Å². The van der Waals surface area contributed by atoms with Crippen LogP contribution in [-0.4, -0.2) is 15.0 Å². The van der Waals surface area contributed by atoms with Crippen LogP contribution in [0.3, 0.4) is 0 Å². The summed E-state index contributed by atoms with van der Waals surface area (Å²) in [5.41, 5.74) is 6.52. The Balaban J connectivity index is 1.89. The number of halogens is 1. The quantitative estimate of drug-likeness (QED) is 0.700. The second kappa shape index (κ2) is 6.81. The van der Waals surface area contributed by atoms with Crippen LogP contribution in [0, 0.1) is 11.3 Å². The van der Waals surface area contributed by atoms with Gasteiger partial charge in [0.15, 0.2) is 5.75 Å². The van der Waals surface area contributed by atoms with E-state index in [1.807, 2.05) is 24.3 Å². The van der Waals surface area contributed by atoms with Gasteiger partial charge >= 0.3 is 0 Å². The summed E-state index contributed by atoms with van der Waals surface area (Å²) in [7, 11) is 0. The van der Waals surface area contributed by atoms with E-state index in [-0.39, 0.29) is 16.8 Å². The van der Waals surface area contributed by atoms with Gasteiger partial charge in [0.05, 0.1) is 5.69 Å². The van der Waals surface area contributed by atoms with Crippen molar-refractivity contribution in [2.24, 2.45) is 0 Å². The molecule has 118 valence electrons. The predicted octanol–water partition coefficient (Wildman–Crippen LogP) is 3.51. The average molecular weight is 339 g/mol. The highest BCUT2D eigenvalue weighted by Gasteiger charge is 2.08. The van der Waals surface area contributed by atoms with Crippen molar-refractivity contribution in [1.29, 1.82) is 5.26 Å². The molecule has 0 amide bonds. The number of nitrogens with two attached hydrogens (primary N) is 1. The van der Waals surface area contributed by atoms with Gasteiger partial charge in [0.25, 0.3) is 0 Å².